The van der Waals surface area contributed by atoms with Crippen molar-refractivity contribution in [3.8, 4) is 0 Å². The Balaban J connectivity index is 2.48. The highest BCUT2D eigenvalue weighted by Gasteiger charge is 2.28. The number of hydrogen-bond donors (Lipinski definition) is 1. The van der Waals surface area contributed by atoms with Gasteiger partial charge >= 0.3 is 0 Å². The van der Waals surface area contributed by atoms with Crippen molar-refractivity contribution < 1.29 is 4.74 Å². The Morgan fingerprint density at radius 3 is 2.68 bits per heavy atom. The van der Waals surface area contributed by atoms with E-state index in [4.69, 9.17) is 4.74 Å². The van der Waals surface area contributed by atoms with E-state index in [1.807, 2.05) is 0 Å². The zero-order valence-electron chi connectivity index (χ0n) is 13.5. The molecule has 0 saturated carbocycles. The first-order valence-corrected chi connectivity index (χ1v) is 8.28. The smallest absolute Gasteiger partial charge is 0.0855 e. The van der Waals surface area contributed by atoms with E-state index in [2.05, 4.69) is 37.9 Å². The van der Waals surface area contributed by atoms with Crippen LogP contribution in [0.2, 0.25) is 0 Å². The van der Waals surface area contributed by atoms with Gasteiger partial charge in [0.2, 0.25) is 0 Å². The summed E-state index contributed by atoms with van der Waals surface area (Å²) in [5.74, 6) is 0.791. The standard InChI is InChI=1S/C16H34N2O/c1-5-8-14(4)12-15(17-7-3)16-13-18(9-6-2)10-11-19-16/h14-17H,5-13H2,1-4H3. The normalized spacial score (nSPS) is 24.3. The predicted octanol–water partition coefficient (Wildman–Crippen LogP) is 2.90. The lowest BCUT2D eigenvalue weighted by molar-refractivity contribution is -0.0495. The zero-order chi connectivity index (χ0) is 14.1. The molecule has 3 heteroatoms. The van der Waals surface area contributed by atoms with Crippen molar-refractivity contribution in [2.75, 3.05) is 32.8 Å². The predicted molar refractivity (Wildman–Crippen MR) is 82.6 cm³/mol. The van der Waals surface area contributed by atoms with E-state index < -0.39 is 0 Å². The molecule has 3 unspecified atom stereocenters. The lowest BCUT2D eigenvalue weighted by Crippen LogP contribution is -2.52. The fourth-order valence-electron chi connectivity index (χ4n) is 3.17. The molecule has 0 spiro atoms. The van der Waals surface area contributed by atoms with Crippen molar-refractivity contribution >= 4 is 0 Å². The van der Waals surface area contributed by atoms with E-state index >= 15 is 0 Å². The van der Waals surface area contributed by atoms with Crippen LogP contribution >= 0.6 is 0 Å². The Morgan fingerprint density at radius 1 is 1.26 bits per heavy atom. The van der Waals surface area contributed by atoms with Gasteiger partial charge in [-0.3, -0.25) is 4.90 Å². The highest BCUT2D eigenvalue weighted by atomic mass is 16.5. The summed E-state index contributed by atoms with van der Waals surface area (Å²) >= 11 is 0. The molecule has 0 aliphatic carbocycles. The highest BCUT2D eigenvalue weighted by molar-refractivity contribution is 4.84. The molecule has 0 radical (unpaired) electrons. The first-order chi connectivity index (χ1) is 9.21. The molecular weight excluding hydrogens is 236 g/mol. The molecule has 1 heterocycles. The maximum Gasteiger partial charge on any atom is 0.0855 e. The third kappa shape index (κ3) is 6.24. The lowest BCUT2D eigenvalue weighted by atomic mass is 9.93. The molecular formula is C16H34N2O. The summed E-state index contributed by atoms with van der Waals surface area (Å²) in [5, 5.41) is 3.65. The average molecular weight is 270 g/mol. The summed E-state index contributed by atoms with van der Waals surface area (Å²) in [6.45, 7) is 14.5. The van der Waals surface area contributed by atoms with Crippen LogP contribution in [0.5, 0.6) is 0 Å². The third-order valence-corrected chi connectivity index (χ3v) is 4.07. The van der Waals surface area contributed by atoms with Crippen molar-refractivity contribution in [1.82, 2.24) is 10.2 Å². The minimum Gasteiger partial charge on any atom is -0.374 e. The molecule has 19 heavy (non-hydrogen) atoms. The number of ether oxygens (including phenoxy) is 1. The van der Waals surface area contributed by atoms with Gasteiger partial charge in [-0.25, -0.2) is 0 Å². The van der Waals surface area contributed by atoms with Gasteiger partial charge in [0.05, 0.1) is 12.7 Å². The monoisotopic (exact) mass is 270 g/mol. The number of likely N-dealkylation sites (N-methyl/N-ethyl adjacent to an activating group) is 1. The first-order valence-electron chi connectivity index (χ1n) is 8.28. The molecule has 0 bridgehead atoms. The van der Waals surface area contributed by atoms with Gasteiger partial charge in [-0.15, -0.1) is 0 Å². The van der Waals surface area contributed by atoms with E-state index in [9.17, 15) is 0 Å². The Labute approximate surface area is 120 Å². The van der Waals surface area contributed by atoms with Crippen LogP contribution in [0.3, 0.4) is 0 Å². The van der Waals surface area contributed by atoms with Crippen molar-refractivity contribution in [2.24, 2.45) is 5.92 Å². The molecule has 0 aromatic heterocycles. The van der Waals surface area contributed by atoms with Gasteiger partial charge in [0.25, 0.3) is 0 Å². The van der Waals surface area contributed by atoms with Gasteiger partial charge < -0.3 is 10.1 Å². The third-order valence-electron chi connectivity index (χ3n) is 4.07. The molecule has 0 amide bonds. The van der Waals surface area contributed by atoms with Crippen molar-refractivity contribution in [1.29, 1.82) is 0 Å². The summed E-state index contributed by atoms with van der Waals surface area (Å²) in [4.78, 5) is 2.56. The van der Waals surface area contributed by atoms with Gasteiger partial charge in [-0.05, 0) is 31.8 Å². The maximum atomic E-state index is 6.04. The SMILES string of the molecule is CCCC(C)CC(NCC)C1CN(CCC)CCO1. The van der Waals surface area contributed by atoms with Crippen molar-refractivity contribution in [3.63, 3.8) is 0 Å². The summed E-state index contributed by atoms with van der Waals surface area (Å²) in [6, 6.07) is 0.520. The molecule has 1 saturated heterocycles. The second-order valence-corrected chi connectivity index (χ2v) is 6.00. The van der Waals surface area contributed by atoms with Crippen LogP contribution in [0.25, 0.3) is 0 Å². The Morgan fingerprint density at radius 2 is 2.05 bits per heavy atom. The lowest BCUT2D eigenvalue weighted by Gasteiger charge is -2.38. The summed E-state index contributed by atoms with van der Waals surface area (Å²) in [5.41, 5.74) is 0. The Kier molecular flexibility index (Phi) is 8.67. The second-order valence-electron chi connectivity index (χ2n) is 6.00. The average Bonchev–Trinajstić information content (AvgIpc) is 2.39. The molecule has 1 fully saturated rings. The van der Waals surface area contributed by atoms with E-state index in [-0.39, 0.29) is 0 Å². The fourth-order valence-corrected chi connectivity index (χ4v) is 3.17. The fraction of sp³-hybridized carbons (Fsp3) is 1.00. The van der Waals surface area contributed by atoms with Crippen LogP contribution in [-0.2, 0) is 4.74 Å². The van der Waals surface area contributed by atoms with Gasteiger partial charge in [0, 0.05) is 19.1 Å². The molecule has 0 aromatic carbocycles. The maximum absolute atomic E-state index is 6.04. The number of nitrogens with zero attached hydrogens (tertiary/aromatic N) is 1. The van der Waals surface area contributed by atoms with Crippen LogP contribution in [-0.4, -0.2) is 49.8 Å². The van der Waals surface area contributed by atoms with Crippen LogP contribution in [0.15, 0.2) is 0 Å². The summed E-state index contributed by atoms with van der Waals surface area (Å²) in [7, 11) is 0. The van der Waals surface area contributed by atoms with Crippen LogP contribution in [0, 0.1) is 5.92 Å². The first kappa shape index (κ1) is 16.9. The number of rotatable bonds is 9. The van der Waals surface area contributed by atoms with E-state index in [1.165, 1.54) is 32.2 Å². The second kappa shape index (κ2) is 9.73. The Hall–Kier alpha value is -0.120. The quantitative estimate of drug-likeness (QED) is 0.697. The minimum absolute atomic E-state index is 0.375. The van der Waals surface area contributed by atoms with E-state index in [0.29, 0.717) is 12.1 Å². The van der Waals surface area contributed by atoms with Crippen LogP contribution in [0.1, 0.15) is 53.4 Å². The highest BCUT2D eigenvalue weighted by Crippen LogP contribution is 2.18. The molecule has 1 N–H and O–H groups in total. The molecule has 0 aromatic rings. The van der Waals surface area contributed by atoms with Gasteiger partial charge in [0.15, 0.2) is 0 Å². The Bertz CT molecular complexity index is 221. The van der Waals surface area contributed by atoms with Crippen LogP contribution in [0.4, 0.5) is 0 Å². The van der Waals surface area contributed by atoms with Crippen molar-refractivity contribution in [3.05, 3.63) is 0 Å². The number of morpholine rings is 1. The summed E-state index contributed by atoms with van der Waals surface area (Å²) < 4.78 is 6.04. The largest absolute Gasteiger partial charge is 0.374 e. The van der Waals surface area contributed by atoms with Gasteiger partial charge in [0.1, 0.15) is 0 Å². The molecule has 3 atom stereocenters. The molecule has 1 aliphatic heterocycles. The van der Waals surface area contributed by atoms with E-state index in [1.54, 1.807) is 0 Å². The molecule has 1 rings (SSSR count). The topological polar surface area (TPSA) is 24.5 Å². The summed E-state index contributed by atoms with van der Waals surface area (Å²) in [6.07, 6.45) is 5.47. The van der Waals surface area contributed by atoms with Gasteiger partial charge in [-0.1, -0.05) is 40.5 Å². The zero-order valence-corrected chi connectivity index (χ0v) is 13.5. The molecule has 114 valence electrons. The molecule has 1 aliphatic rings. The number of hydrogen-bond acceptors (Lipinski definition) is 3. The minimum atomic E-state index is 0.375. The van der Waals surface area contributed by atoms with Crippen molar-refractivity contribution in [2.45, 2.75) is 65.5 Å². The van der Waals surface area contributed by atoms with E-state index in [0.717, 1.165) is 32.2 Å². The van der Waals surface area contributed by atoms with Gasteiger partial charge in [-0.2, -0.15) is 0 Å². The number of nitrogens with one attached hydrogen (secondary N) is 1. The molecule has 3 nitrogen and oxygen atoms in total. The van der Waals surface area contributed by atoms with Crippen LogP contribution < -0.4 is 5.32 Å².